The fourth-order valence-corrected chi connectivity index (χ4v) is 3.76. The second-order valence-electron chi connectivity index (χ2n) is 6.95. The molecule has 1 fully saturated rings. The van der Waals surface area contributed by atoms with Crippen molar-refractivity contribution < 1.29 is 9.53 Å². The summed E-state index contributed by atoms with van der Waals surface area (Å²) >= 11 is 11.9. The highest BCUT2D eigenvalue weighted by atomic mass is 35.5. The number of nitrogens with one attached hydrogen (secondary N) is 1. The third-order valence-electron chi connectivity index (χ3n) is 4.89. The molecule has 1 atom stereocenters. The van der Waals surface area contributed by atoms with Crippen LogP contribution in [0.15, 0.2) is 35.4 Å². The minimum absolute atomic E-state index is 0.0941. The van der Waals surface area contributed by atoms with Crippen molar-refractivity contribution >= 4 is 29.1 Å². The molecule has 1 aliphatic carbocycles. The molecule has 0 bridgehead atoms. The van der Waals surface area contributed by atoms with Gasteiger partial charge in [0.15, 0.2) is 6.10 Å². The summed E-state index contributed by atoms with van der Waals surface area (Å²) in [6.07, 6.45) is 5.42. The molecule has 0 radical (unpaired) electrons. The van der Waals surface area contributed by atoms with Gasteiger partial charge < -0.3 is 10.1 Å². The number of amides is 1. The van der Waals surface area contributed by atoms with Crippen LogP contribution < -0.4 is 15.6 Å². The largest absolute Gasteiger partial charge is 0.479 e. The fraction of sp³-hybridized carbons (Fsp3) is 0.450. The van der Waals surface area contributed by atoms with Gasteiger partial charge in [-0.05, 0) is 38.0 Å². The van der Waals surface area contributed by atoms with Gasteiger partial charge in [0.2, 0.25) is 0 Å². The predicted octanol–water partition coefficient (Wildman–Crippen LogP) is 3.79. The van der Waals surface area contributed by atoms with E-state index in [9.17, 15) is 9.59 Å². The highest BCUT2D eigenvalue weighted by Crippen LogP contribution is 2.32. The zero-order valence-electron chi connectivity index (χ0n) is 15.7. The molecule has 1 aromatic carbocycles. The molecule has 0 spiro atoms. The molecule has 1 amide bonds. The zero-order chi connectivity index (χ0) is 20.1. The Balaban J connectivity index is 1.50. The van der Waals surface area contributed by atoms with Gasteiger partial charge in [0.25, 0.3) is 11.5 Å². The van der Waals surface area contributed by atoms with E-state index in [0.717, 1.165) is 18.5 Å². The summed E-state index contributed by atoms with van der Waals surface area (Å²) in [6.45, 7) is 2.27. The van der Waals surface area contributed by atoms with Crippen LogP contribution in [0.2, 0.25) is 10.0 Å². The van der Waals surface area contributed by atoms with Crippen molar-refractivity contribution in [1.82, 2.24) is 14.9 Å². The Morgan fingerprint density at radius 2 is 2.07 bits per heavy atom. The molecule has 1 heterocycles. The number of carbonyl (C=O) groups is 1. The lowest BCUT2D eigenvalue weighted by molar-refractivity contribution is -0.127. The molecule has 0 saturated heterocycles. The number of aromatic nitrogens is 2. The number of nitrogens with zero attached hydrogens (tertiary/aromatic N) is 2. The molecule has 1 unspecified atom stereocenters. The fourth-order valence-electron chi connectivity index (χ4n) is 3.31. The Labute approximate surface area is 173 Å². The van der Waals surface area contributed by atoms with Crippen LogP contribution in [0.4, 0.5) is 0 Å². The molecule has 0 aliphatic heterocycles. The van der Waals surface area contributed by atoms with Gasteiger partial charge in [-0.25, -0.2) is 4.98 Å². The van der Waals surface area contributed by atoms with Crippen LogP contribution in [0.1, 0.15) is 44.2 Å². The van der Waals surface area contributed by atoms with Gasteiger partial charge in [-0.3, -0.25) is 14.2 Å². The molecule has 3 rings (SSSR count). The van der Waals surface area contributed by atoms with E-state index in [1.54, 1.807) is 37.5 Å². The minimum atomic E-state index is -0.738. The summed E-state index contributed by atoms with van der Waals surface area (Å²) in [7, 11) is 0. The standard InChI is InChI=1S/C20H23Cl2N3O3/c1-13(28-18-7-6-15(21)10-16(18)22)20(27)23-8-9-25-12-24-17(11-19(25)26)14-4-2-3-5-14/h6-7,10-14H,2-5,8-9H2,1H3,(H,23,27). The highest BCUT2D eigenvalue weighted by molar-refractivity contribution is 6.35. The number of carbonyl (C=O) groups excluding carboxylic acids is 1. The van der Waals surface area contributed by atoms with E-state index in [4.69, 9.17) is 27.9 Å². The quantitative estimate of drug-likeness (QED) is 0.734. The van der Waals surface area contributed by atoms with E-state index in [-0.39, 0.29) is 11.5 Å². The Bertz CT molecular complexity index is 895. The van der Waals surface area contributed by atoms with E-state index >= 15 is 0 Å². The maximum atomic E-state index is 12.3. The molecular formula is C20H23Cl2N3O3. The number of hydrogen-bond donors (Lipinski definition) is 1. The summed E-state index contributed by atoms with van der Waals surface area (Å²) in [5.41, 5.74) is 0.785. The predicted molar refractivity (Wildman–Crippen MR) is 109 cm³/mol. The van der Waals surface area contributed by atoms with Crippen LogP contribution in [0, 0.1) is 0 Å². The number of rotatable bonds is 7. The number of ether oxygens (including phenoxy) is 1. The molecule has 1 saturated carbocycles. The number of benzene rings is 1. The molecule has 8 heteroatoms. The second kappa shape index (κ2) is 9.43. The molecule has 1 aromatic heterocycles. The van der Waals surface area contributed by atoms with Crippen LogP contribution in [-0.2, 0) is 11.3 Å². The molecule has 28 heavy (non-hydrogen) atoms. The lowest BCUT2D eigenvalue weighted by atomic mass is 10.0. The van der Waals surface area contributed by atoms with Crippen molar-refractivity contribution in [1.29, 1.82) is 0 Å². The molecule has 2 aromatic rings. The van der Waals surface area contributed by atoms with Crippen molar-refractivity contribution in [2.45, 2.75) is 51.2 Å². The van der Waals surface area contributed by atoms with Gasteiger partial charge >= 0.3 is 0 Å². The van der Waals surface area contributed by atoms with Gasteiger partial charge in [-0.15, -0.1) is 0 Å². The van der Waals surface area contributed by atoms with E-state index in [2.05, 4.69) is 10.3 Å². The van der Waals surface area contributed by atoms with Crippen LogP contribution in [0.25, 0.3) is 0 Å². The monoisotopic (exact) mass is 423 g/mol. The first kappa shape index (κ1) is 20.7. The van der Waals surface area contributed by atoms with Crippen molar-refractivity contribution in [3.8, 4) is 5.75 Å². The van der Waals surface area contributed by atoms with Crippen LogP contribution >= 0.6 is 23.2 Å². The first-order chi connectivity index (χ1) is 13.4. The Morgan fingerprint density at radius 1 is 1.32 bits per heavy atom. The first-order valence-electron chi connectivity index (χ1n) is 9.40. The van der Waals surface area contributed by atoms with Crippen molar-refractivity contribution in [3.63, 3.8) is 0 Å². The minimum Gasteiger partial charge on any atom is -0.479 e. The van der Waals surface area contributed by atoms with Crippen LogP contribution in [0.3, 0.4) is 0 Å². The lowest BCUT2D eigenvalue weighted by Crippen LogP contribution is -2.39. The summed E-state index contributed by atoms with van der Waals surface area (Å²) in [5.74, 6) is 0.492. The van der Waals surface area contributed by atoms with E-state index in [1.165, 1.54) is 17.4 Å². The summed E-state index contributed by atoms with van der Waals surface area (Å²) < 4.78 is 7.08. The third-order valence-corrected chi connectivity index (χ3v) is 5.42. The van der Waals surface area contributed by atoms with E-state index in [1.807, 2.05) is 0 Å². The topological polar surface area (TPSA) is 73.2 Å². The Kier molecular flexibility index (Phi) is 6.97. The third kappa shape index (κ3) is 5.26. The first-order valence-corrected chi connectivity index (χ1v) is 10.2. The van der Waals surface area contributed by atoms with Gasteiger partial charge in [0, 0.05) is 30.1 Å². The Hall–Kier alpha value is -2.05. The number of halogens is 2. The molecule has 1 aliphatic rings. The second-order valence-corrected chi connectivity index (χ2v) is 7.80. The maximum absolute atomic E-state index is 12.3. The van der Waals surface area contributed by atoms with Gasteiger partial charge in [0.1, 0.15) is 5.75 Å². The summed E-state index contributed by atoms with van der Waals surface area (Å²) in [4.78, 5) is 28.9. The average molecular weight is 424 g/mol. The Morgan fingerprint density at radius 3 is 2.75 bits per heavy atom. The van der Waals surface area contributed by atoms with Crippen molar-refractivity contribution in [3.05, 3.63) is 56.7 Å². The van der Waals surface area contributed by atoms with Crippen molar-refractivity contribution in [2.24, 2.45) is 0 Å². The van der Waals surface area contributed by atoms with E-state index in [0.29, 0.717) is 34.8 Å². The van der Waals surface area contributed by atoms with Gasteiger partial charge in [0.05, 0.1) is 17.0 Å². The van der Waals surface area contributed by atoms with Gasteiger partial charge in [-0.2, -0.15) is 0 Å². The summed E-state index contributed by atoms with van der Waals surface area (Å²) in [5, 5.41) is 3.59. The average Bonchev–Trinajstić information content (AvgIpc) is 3.20. The lowest BCUT2D eigenvalue weighted by Gasteiger charge is -2.16. The van der Waals surface area contributed by atoms with Gasteiger partial charge in [-0.1, -0.05) is 36.0 Å². The van der Waals surface area contributed by atoms with Crippen LogP contribution in [0.5, 0.6) is 5.75 Å². The molecule has 1 N–H and O–H groups in total. The van der Waals surface area contributed by atoms with Crippen LogP contribution in [-0.4, -0.2) is 28.1 Å². The van der Waals surface area contributed by atoms with Crippen molar-refractivity contribution in [2.75, 3.05) is 6.54 Å². The molecule has 6 nitrogen and oxygen atoms in total. The van der Waals surface area contributed by atoms with E-state index < -0.39 is 6.10 Å². The SMILES string of the molecule is CC(Oc1ccc(Cl)cc1Cl)C(=O)NCCn1cnc(C2CCCC2)cc1=O. The smallest absolute Gasteiger partial charge is 0.260 e. The zero-order valence-corrected chi connectivity index (χ0v) is 17.2. The molecular weight excluding hydrogens is 401 g/mol. The highest BCUT2D eigenvalue weighted by Gasteiger charge is 2.19. The summed E-state index contributed by atoms with van der Waals surface area (Å²) in [6, 6.07) is 6.43. The maximum Gasteiger partial charge on any atom is 0.260 e. The normalized spacial score (nSPS) is 15.4. The molecule has 150 valence electrons. The number of hydrogen-bond acceptors (Lipinski definition) is 4.